The Balaban J connectivity index is 1.31. The van der Waals surface area contributed by atoms with Crippen LogP contribution in [-0.4, -0.2) is 29.0 Å². The molecule has 0 unspecified atom stereocenters. The van der Waals surface area contributed by atoms with E-state index < -0.39 is 6.09 Å². The molecule has 2 aromatic carbocycles. The molecule has 0 atom stereocenters. The lowest BCUT2D eigenvalue weighted by atomic mass is 10.2. The zero-order valence-corrected chi connectivity index (χ0v) is 14.5. The number of nitrogens with one attached hydrogen (secondary N) is 2. The van der Waals surface area contributed by atoms with Crippen LogP contribution < -0.4 is 10.6 Å². The Morgan fingerprint density at radius 3 is 2.46 bits per heavy atom. The zero-order valence-electron chi connectivity index (χ0n) is 14.5. The van der Waals surface area contributed by atoms with Crippen molar-refractivity contribution in [1.29, 1.82) is 0 Å². The van der Waals surface area contributed by atoms with E-state index in [1.165, 1.54) is 0 Å². The molecule has 6 nitrogen and oxygen atoms in total. The number of benzene rings is 2. The lowest BCUT2D eigenvalue weighted by Crippen LogP contribution is -2.26. The summed E-state index contributed by atoms with van der Waals surface area (Å²) in [7, 11) is 0. The minimum absolute atomic E-state index is 0.280. The molecule has 0 bridgehead atoms. The van der Waals surface area contributed by atoms with Crippen molar-refractivity contribution >= 4 is 11.9 Å². The summed E-state index contributed by atoms with van der Waals surface area (Å²) < 4.78 is 6.98. The summed E-state index contributed by atoms with van der Waals surface area (Å²) in [6, 6.07) is 21.5. The third-order valence-electron chi connectivity index (χ3n) is 3.75. The van der Waals surface area contributed by atoms with Crippen LogP contribution >= 0.6 is 0 Å². The van der Waals surface area contributed by atoms with Crippen molar-refractivity contribution in [1.82, 2.24) is 15.1 Å². The molecule has 0 aliphatic rings. The van der Waals surface area contributed by atoms with Crippen molar-refractivity contribution in [2.24, 2.45) is 0 Å². The monoisotopic (exact) mass is 350 g/mol. The van der Waals surface area contributed by atoms with Crippen LogP contribution in [0.4, 0.5) is 10.6 Å². The number of amides is 1. The highest BCUT2D eigenvalue weighted by atomic mass is 16.5. The molecule has 2 N–H and O–H groups in total. The topological polar surface area (TPSA) is 68.2 Å². The highest BCUT2D eigenvalue weighted by Gasteiger charge is 2.03. The molecule has 0 saturated heterocycles. The van der Waals surface area contributed by atoms with E-state index in [0.717, 1.165) is 23.5 Å². The van der Waals surface area contributed by atoms with Gasteiger partial charge in [0.1, 0.15) is 12.4 Å². The molecule has 3 rings (SSSR count). The number of alkyl carbamates (subject to hydrolysis) is 1. The number of nitrogens with zero attached hydrogens (tertiary/aromatic N) is 2. The van der Waals surface area contributed by atoms with Crippen molar-refractivity contribution in [2.75, 3.05) is 18.4 Å². The fraction of sp³-hybridized carbons (Fsp3) is 0.200. The van der Waals surface area contributed by atoms with Gasteiger partial charge < -0.3 is 15.4 Å². The first-order valence-corrected chi connectivity index (χ1v) is 8.61. The van der Waals surface area contributed by atoms with Crippen molar-refractivity contribution in [2.45, 2.75) is 13.0 Å². The van der Waals surface area contributed by atoms with Gasteiger partial charge in [-0.25, -0.2) is 9.48 Å². The third-order valence-corrected chi connectivity index (χ3v) is 3.75. The maximum absolute atomic E-state index is 11.6. The summed E-state index contributed by atoms with van der Waals surface area (Å²) in [4.78, 5) is 11.6. The van der Waals surface area contributed by atoms with E-state index in [9.17, 15) is 4.79 Å². The standard InChI is InChI=1S/C20H22N4O2/c25-20(26-16-17-8-3-1-4-9-17)22-14-7-13-21-19-12-15-24(23-19)18-10-5-2-6-11-18/h1-6,8-12,15H,7,13-14,16H2,(H,21,23)(H,22,25). The molecule has 0 spiro atoms. The van der Waals surface area contributed by atoms with E-state index in [-0.39, 0.29) is 6.61 Å². The van der Waals surface area contributed by atoms with Gasteiger partial charge in [0, 0.05) is 25.4 Å². The number of hydrogen-bond acceptors (Lipinski definition) is 4. The molecule has 0 fully saturated rings. The van der Waals surface area contributed by atoms with Crippen LogP contribution in [0, 0.1) is 0 Å². The summed E-state index contributed by atoms with van der Waals surface area (Å²) in [5, 5.41) is 10.5. The van der Waals surface area contributed by atoms with Crippen LogP contribution in [0.25, 0.3) is 5.69 Å². The van der Waals surface area contributed by atoms with Gasteiger partial charge in [0.15, 0.2) is 0 Å². The van der Waals surface area contributed by atoms with Gasteiger partial charge in [0.05, 0.1) is 5.69 Å². The number of hydrogen-bond donors (Lipinski definition) is 2. The maximum Gasteiger partial charge on any atom is 0.407 e. The molecule has 0 aliphatic heterocycles. The molecule has 1 amide bonds. The summed E-state index contributed by atoms with van der Waals surface area (Å²) in [5.74, 6) is 0.806. The van der Waals surface area contributed by atoms with Gasteiger partial charge in [-0.15, -0.1) is 0 Å². The number of aromatic nitrogens is 2. The first kappa shape index (κ1) is 17.5. The number of carbonyl (C=O) groups excluding carboxylic acids is 1. The second-order valence-corrected chi connectivity index (χ2v) is 5.75. The van der Waals surface area contributed by atoms with Crippen LogP contribution in [0.15, 0.2) is 72.9 Å². The fourth-order valence-corrected chi connectivity index (χ4v) is 2.41. The number of para-hydroxylation sites is 1. The highest BCUT2D eigenvalue weighted by Crippen LogP contribution is 2.09. The van der Waals surface area contributed by atoms with Crippen molar-refractivity contribution in [3.63, 3.8) is 0 Å². The molecule has 26 heavy (non-hydrogen) atoms. The van der Waals surface area contributed by atoms with E-state index in [1.54, 1.807) is 0 Å². The molecular weight excluding hydrogens is 328 g/mol. The molecule has 0 saturated carbocycles. The summed E-state index contributed by atoms with van der Waals surface area (Å²) in [5.41, 5.74) is 1.99. The van der Waals surface area contributed by atoms with Gasteiger partial charge in [-0.1, -0.05) is 48.5 Å². The molecule has 134 valence electrons. The van der Waals surface area contributed by atoms with Gasteiger partial charge in [0.25, 0.3) is 0 Å². The molecule has 0 aliphatic carbocycles. The summed E-state index contributed by atoms with van der Waals surface area (Å²) in [6.45, 7) is 1.53. The van der Waals surface area contributed by atoms with E-state index in [0.29, 0.717) is 13.1 Å². The van der Waals surface area contributed by atoms with Gasteiger partial charge in [-0.3, -0.25) is 0 Å². The quantitative estimate of drug-likeness (QED) is 0.609. The zero-order chi connectivity index (χ0) is 18.0. The summed E-state index contributed by atoms with van der Waals surface area (Å²) in [6.07, 6.45) is 2.29. The SMILES string of the molecule is O=C(NCCCNc1ccn(-c2ccccc2)n1)OCc1ccccc1. The van der Waals surface area contributed by atoms with Crippen molar-refractivity contribution < 1.29 is 9.53 Å². The predicted molar refractivity (Wildman–Crippen MR) is 101 cm³/mol. The Morgan fingerprint density at radius 1 is 0.962 bits per heavy atom. The average Bonchev–Trinajstić information content (AvgIpc) is 3.16. The predicted octanol–water partition coefficient (Wildman–Crippen LogP) is 3.60. The van der Waals surface area contributed by atoms with Crippen molar-refractivity contribution in [3.8, 4) is 5.69 Å². The largest absolute Gasteiger partial charge is 0.445 e. The molecule has 3 aromatic rings. The Hall–Kier alpha value is -3.28. The van der Waals surface area contributed by atoms with E-state index in [4.69, 9.17) is 4.74 Å². The fourth-order valence-electron chi connectivity index (χ4n) is 2.41. The molecule has 1 aromatic heterocycles. The average molecular weight is 350 g/mol. The maximum atomic E-state index is 11.6. The lowest BCUT2D eigenvalue weighted by molar-refractivity contribution is 0.139. The Labute approximate surface area is 152 Å². The van der Waals surface area contributed by atoms with E-state index in [1.807, 2.05) is 77.6 Å². The van der Waals surface area contributed by atoms with E-state index in [2.05, 4.69) is 15.7 Å². The number of carbonyl (C=O) groups is 1. The van der Waals surface area contributed by atoms with Crippen LogP contribution in [0.2, 0.25) is 0 Å². The van der Waals surface area contributed by atoms with Gasteiger partial charge in [0.2, 0.25) is 0 Å². The molecule has 0 radical (unpaired) electrons. The van der Waals surface area contributed by atoms with Crippen LogP contribution in [0.1, 0.15) is 12.0 Å². The number of ether oxygens (including phenoxy) is 1. The molecule has 6 heteroatoms. The normalized spacial score (nSPS) is 10.3. The lowest BCUT2D eigenvalue weighted by Gasteiger charge is -2.07. The second-order valence-electron chi connectivity index (χ2n) is 5.75. The van der Waals surface area contributed by atoms with Crippen LogP contribution in [0.3, 0.4) is 0 Å². The van der Waals surface area contributed by atoms with E-state index >= 15 is 0 Å². The summed E-state index contributed by atoms with van der Waals surface area (Å²) >= 11 is 0. The smallest absolute Gasteiger partial charge is 0.407 e. The van der Waals surface area contributed by atoms with Crippen molar-refractivity contribution in [3.05, 3.63) is 78.5 Å². The number of rotatable bonds is 8. The van der Waals surface area contributed by atoms with Gasteiger partial charge >= 0.3 is 6.09 Å². The number of anilines is 1. The second kappa shape index (κ2) is 9.27. The van der Waals surface area contributed by atoms with Crippen LogP contribution in [-0.2, 0) is 11.3 Å². The third kappa shape index (κ3) is 5.37. The molecule has 1 heterocycles. The highest BCUT2D eigenvalue weighted by molar-refractivity contribution is 5.67. The Kier molecular flexibility index (Phi) is 6.25. The Bertz CT molecular complexity index is 803. The van der Waals surface area contributed by atoms with Crippen LogP contribution in [0.5, 0.6) is 0 Å². The first-order chi connectivity index (χ1) is 12.8. The molecular formula is C20H22N4O2. The Morgan fingerprint density at radius 2 is 1.69 bits per heavy atom. The minimum atomic E-state index is -0.401. The minimum Gasteiger partial charge on any atom is -0.445 e. The van der Waals surface area contributed by atoms with Gasteiger partial charge in [-0.05, 0) is 24.1 Å². The first-order valence-electron chi connectivity index (χ1n) is 8.61. The van der Waals surface area contributed by atoms with Gasteiger partial charge in [-0.2, -0.15) is 5.10 Å².